The predicted molar refractivity (Wildman–Crippen MR) is 271 cm³/mol. The standard InChI is InChI=1S/C64H41NO/c1-3-22-44(23-4-1)63(45-24-5-2-6-25-45)53-31-14-12-29-51(53)61-55(63)33-18-35-58(61)65(57-34-17-21-42-19-7-9-26-47(42)57)46-38-39-50-49-28-11-13-30-52(49)64(56(50)41-46)54-32-15-16-36-59(54)66-60-40-37-43-20-8-10-27-48(43)62(60)64/h1-41H. The first-order valence-electron chi connectivity index (χ1n) is 22.9. The second kappa shape index (κ2) is 14.0. The minimum Gasteiger partial charge on any atom is -0.457 e. The van der Waals surface area contributed by atoms with E-state index < -0.39 is 10.8 Å². The van der Waals surface area contributed by atoms with Gasteiger partial charge >= 0.3 is 0 Å². The molecule has 0 N–H and O–H groups in total. The van der Waals surface area contributed by atoms with Crippen molar-refractivity contribution in [2.75, 3.05) is 4.90 Å². The molecule has 1 heterocycles. The number of hydrogen-bond donors (Lipinski definition) is 0. The lowest BCUT2D eigenvalue weighted by Crippen LogP contribution is -2.32. The van der Waals surface area contributed by atoms with Gasteiger partial charge in [0.25, 0.3) is 0 Å². The summed E-state index contributed by atoms with van der Waals surface area (Å²) in [6.07, 6.45) is 0. The van der Waals surface area contributed by atoms with Crippen LogP contribution in [0.3, 0.4) is 0 Å². The summed E-state index contributed by atoms with van der Waals surface area (Å²) in [4.78, 5) is 2.55. The van der Waals surface area contributed by atoms with Gasteiger partial charge in [-0.1, -0.05) is 212 Å². The van der Waals surface area contributed by atoms with Crippen molar-refractivity contribution in [1.29, 1.82) is 0 Å². The van der Waals surface area contributed by atoms with E-state index in [1.807, 2.05) is 0 Å². The van der Waals surface area contributed by atoms with Crippen LogP contribution in [0.2, 0.25) is 0 Å². The van der Waals surface area contributed by atoms with E-state index in [1.54, 1.807) is 0 Å². The Balaban J connectivity index is 1.11. The number of ether oxygens (including phenoxy) is 1. The minimum atomic E-state index is -0.668. The lowest BCUT2D eigenvalue weighted by Gasteiger charge is -2.40. The lowest BCUT2D eigenvalue weighted by atomic mass is 9.65. The highest BCUT2D eigenvalue weighted by atomic mass is 16.5. The van der Waals surface area contributed by atoms with Gasteiger partial charge in [-0.25, -0.2) is 0 Å². The molecule has 0 aromatic heterocycles. The summed E-state index contributed by atoms with van der Waals surface area (Å²) in [5.74, 6) is 1.77. The van der Waals surface area contributed by atoms with E-state index in [9.17, 15) is 0 Å². The van der Waals surface area contributed by atoms with Gasteiger partial charge in [0.05, 0.1) is 22.2 Å². The van der Waals surface area contributed by atoms with E-state index in [2.05, 4.69) is 254 Å². The molecule has 0 radical (unpaired) electrons. The van der Waals surface area contributed by atoms with Crippen molar-refractivity contribution in [1.82, 2.24) is 0 Å². The molecule has 0 bridgehead atoms. The minimum absolute atomic E-state index is 0.547. The molecule has 2 aliphatic carbocycles. The van der Waals surface area contributed by atoms with Gasteiger partial charge in [0, 0.05) is 27.8 Å². The maximum atomic E-state index is 6.93. The highest BCUT2D eigenvalue weighted by Crippen LogP contribution is 2.65. The fourth-order valence-electron chi connectivity index (χ4n) is 12.3. The predicted octanol–water partition coefficient (Wildman–Crippen LogP) is 16.3. The van der Waals surface area contributed by atoms with E-state index in [0.29, 0.717) is 0 Å². The van der Waals surface area contributed by atoms with Gasteiger partial charge in [0.15, 0.2) is 0 Å². The van der Waals surface area contributed by atoms with Crippen molar-refractivity contribution in [2.45, 2.75) is 10.8 Å². The Morgan fingerprint density at radius 1 is 0.318 bits per heavy atom. The fourth-order valence-corrected chi connectivity index (χ4v) is 12.3. The number of benzene rings is 11. The average Bonchev–Trinajstić information content (AvgIpc) is 3.85. The SMILES string of the molecule is c1ccc(C2(c3ccccc3)c3ccccc3-c3c(N(c4ccc5c(c4)C4(c6ccccc6Oc6ccc7ccccc7c64)c4ccccc4-5)c4cccc5ccccc45)cccc32)cc1. The monoisotopic (exact) mass is 839 g/mol. The van der Waals surface area contributed by atoms with Crippen LogP contribution in [0.1, 0.15) is 44.5 Å². The maximum Gasteiger partial charge on any atom is 0.132 e. The first kappa shape index (κ1) is 37.0. The Morgan fingerprint density at radius 3 is 1.64 bits per heavy atom. The van der Waals surface area contributed by atoms with Crippen LogP contribution >= 0.6 is 0 Å². The van der Waals surface area contributed by atoms with Gasteiger partial charge in [0.2, 0.25) is 0 Å². The normalized spacial score (nSPS) is 15.6. The van der Waals surface area contributed by atoms with Crippen molar-refractivity contribution < 1.29 is 4.74 Å². The van der Waals surface area contributed by atoms with Crippen molar-refractivity contribution in [3.05, 3.63) is 293 Å². The molecular weight excluding hydrogens is 799 g/mol. The van der Waals surface area contributed by atoms with Crippen molar-refractivity contribution in [2.24, 2.45) is 0 Å². The molecule has 308 valence electrons. The number of fused-ring (bicyclic) bond motifs is 15. The molecule has 1 atom stereocenters. The van der Waals surface area contributed by atoms with Crippen LogP contribution in [0, 0.1) is 0 Å². The zero-order chi connectivity index (χ0) is 43.4. The third kappa shape index (κ3) is 4.85. The number of nitrogens with zero attached hydrogens (tertiary/aromatic N) is 1. The Bertz CT molecular complexity index is 3710. The van der Waals surface area contributed by atoms with Gasteiger partial charge in [-0.2, -0.15) is 0 Å². The van der Waals surface area contributed by atoms with E-state index in [-0.39, 0.29) is 0 Å². The Kier molecular flexibility index (Phi) is 7.85. The van der Waals surface area contributed by atoms with Crippen LogP contribution in [-0.2, 0) is 10.8 Å². The quantitative estimate of drug-likeness (QED) is 0.171. The maximum absolute atomic E-state index is 6.93. The van der Waals surface area contributed by atoms with Gasteiger partial charge in [0.1, 0.15) is 11.5 Å². The van der Waals surface area contributed by atoms with Crippen molar-refractivity contribution in [3.63, 3.8) is 0 Å². The van der Waals surface area contributed by atoms with E-state index in [0.717, 1.165) is 34.1 Å². The van der Waals surface area contributed by atoms with Gasteiger partial charge in [-0.3, -0.25) is 0 Å². The second-order valence-electron chi connectivity index (χ2n) is 17.8. The fraction of sp³-hybridized carbons (Fsp3) is 0.0312. The number of hydrogen-bond acceptors (Lipinski definition) is 2. The summed E-state index contributed by atoms with van der Waals surface area (Å²) < 4.78 is 6.93. The first-order valence-corrected chi connectivity index (χ1v) is 22.9. The zero-order valence-electron chi connectivity index (χ0n) is 36.0. The molecule has 0 amide bonds. The molecule has 0 saturated carbocycles. The molecule has 2 nitrogen and oxygen atoms in total. The largest absolute Gasteiger partial charge is 0.457 e. The molecule has 1 spiro atoms. The molecule has 0 saturated heterocycles. The molecule has 1 aliphatic heterocycles. The van der Waals surface area contributed by atoms with Gasteiger partial charge in [-0.05, 0) is 103 Å². The summed E-state index contributed by atoms with van der Waals surface area (Å²) >= 11 is 0. The van der Waals surface area contributed by atoms with Crippen LogP contribution in [0.5, 0.6) is 11.5 Å². The number of para-hydroxylation sites is 1. The van der Waals surface area contributed by atoms with Crippen molar-refractivity contribution >= 4 is 38.6 Å². The van der Waals surface area contributed by atoms with Crippen LogP contribution in [0.25, 0.3) is 43.8 Å². The average molecular weight is 840 g/mol. The molecular formula is C64H41NO. The summed E-state index contributed by atoms with van der Waals surface area (Å²) in [6.45, 7) is 0. The van der Waals surface area contributed by atoms with E-state index in [1.165, 1.54) is 82.7 Å². The number of rotatable bonds is 5. The molecule has 11 aromatic carbocycles. The molecule has 2 heteroatoms. The van der Waals surface area contributed by atoms with Crippen LogP contribution < -0.4 is 9.64 Å². The summed E-state index contributed by atoms with van der Waals surface area (Å²) in [6, 6.07) is 92.0. The molecule has 66 heavy (non-hydrogen) atoms. The van der Waals surface area contributed by atoms with E-state index in [4.69, 9.17) is 4.74 Å². The molecule has 14 rings (SSSR count). The van der Waals surface area contributed by atoms with Gasteiger partial charge < -0.3 is 9.64 Å². The Labute approximate surface area is 384 Å². The highest BCUT2D eigenvalue weighted by Gasteiger charge is 2.53. The topological polar surface area (TPSA) is 12.5 Å². The first-order chi connectivity index (χ1) is 32.8. The number of anilines is 3. The smallest absolute Gasteiger partial charge is 0.132 e. The Hall–Kier alpha value is -8.46. The summed E-state index contributed by atoms with van der Waals surface area (Å²) in [5, 5.41) is 4.77. The molecule has 3 aliphatic rings. The van der Waals surface area contributed by atoms with Crippen LogP contribution in [0.15, 0.2) is 249 Å². The van der Waals surface area contributed by atoms with Gasteiger partial charge in [-0.15, -0.1) is 0 Å². The third-order valence-electron chi connectivity index (χ3n) is 14.8. The molecule has 1 unspecified atom stereocenters. The third-order valence-corrected chi connectivity index (χ3v) is 14.8. The van der Waals surface area contributed by atoms with Crippen LogP contribution in [-0.4, -0.2) is 0 Å². The van der Waals surface area contributed by atoms with Crippen LogP contribution in [0.4, 0.5) is 17.1 Å². The lowest BCUT2D eigenvalue weighted by molar-refractivity contribution is 0.438. The summed E-state index contributed by atoms with van der Waals surface area (Å²) in [7, 11) is 0. The second-order valence-corrected chi connectivity index (χ2v) is 17.8. The molecule has 11 aromatic rings. The van der Waals surface area contributed by atoms with Crippen molar-refractivity contribution in [3.8, 4) is 33.8 Å². The highest BCUT2D eigenvalue weighted by molar-refractivity contribution is 6.05. The summed E-state index contributed by atoms with van der Waals surface area (Å²) in [5.41, 5.74) is 17.0. The zero-order valence-corrected chi connectivity index (χ0v) is 36.0. The Morgan fingerprint density at radius 2 is 0.864 bits per heavy atom. The van der Waals surface area contributed by atoms with E-state index >= 15 is 0 Å². The molecule has 0 fully saturated rings.